The Labute approximate surface area is 82.3 Å². The van der Waals surface area contributed by atoms with Gasteiger partial charge in [0, 0.05) is 6.42 Å². The van der Waals surface area contributed by atoms with Gasteiger partial charge in [-0.3, -0.25) is 0 Å². The Hall–Kier alpha value is -0.480. The normalized spacial score (nSPS) is 18.4. The Bertz CT molecular complexity index is 151. The zero-order chi connectivity index (χ0) is 9.36. The summed E-state index contributed by atoms with van der Waals surface area (Å²) in [5.41, 5.74) is 0. The van der Waals surface area contributed by atoms with Gasteiger partial charge >= 0.3 is 0 Å². The summed E-state index contributed by atoms with van der Waals surface area (Å²) in [6.45, 7) is 2.31. The highest BCUT2D eigenvalue weighted by atomic mass is 14.8. The van der Waals surface area contributed by atoms with Crippen molar-refractivity contribution in [1.29, 1.82) is 0 Å². The minimum Gasteiger partial charge on any atom is -0.316 e. The monoisotopic (exact) mass is 179 g/mol. The Morgan fingerprint density at radius 1 is 1.23 bits per heavy atom. The summed E-state index contributed by atoms with van der Waals surface area (Å²) in [7, 11) is 0. The highest BCUT2D eigenvalue weighted by Gasteiger charge is 2.11. The van der Waals surface area contributed by atoms with E-state index in [2.05, 4.69) is 11.2 Å². The molecule has 1 nitrogen and oxygen atoms in total. The molecule has 1 N–H and O–H groups in total. The van der Waals surface area contributed by atoms with Crippen LogP contribution in [0.3, 0.4) is 0 Å². The number of hydrogen-bond donors (Lipinski definition) is 1. The van der Waals surface area contributed by atoms with E-state index in [1.54, 1.807) is 0 Å². The molecule has 0 unspecified atom stereocenters. The van der Waals surface area contributed by atoms with Crippen molar-refractivity contribution in [3.05, 3.63) is 0 Å². The molecule has 0 spiro atoms. The predicted molar refractivity (Wildman–Crippen MR) is 57.5 cm³/mol. The SMILES string of the molecule is C#CCCCNCC1CCCCC1. The fourth-order valence-corrected chi connectivity index (χ4v) is 2.01. The number of unbranched alkanes of at least 4 members (excludes halogenated alkanes) is 1. The van der Waals surface area contributed by atoms with Crippen LogP contribution in [-0.4, -0.2) is 13.1 Å². The van der Waals surface area contributed by atoms with Crippen LogP contribution >= 0.6 is 0 Å². The molecule has 74 valence electrons. The second-order valence-electron chi connectivity index (χ2n) is 4.02. The van der Waals surface area contributed by atoms with Crippen LogP contribution in [0.25, 0.3) is 0 Å². The van der Waals surface area contributed by atoms with Crippen molar-refractivity contribution in [3.8, 4) is 12.3 Å². The summed E-state index contributed by atoms with van der Waals surface area (Å²) >= 11 is 0. The van der Waals surface area contributed by atoms with Crippen LogP contribution in [0.15, 0.2) is 0 Å². The second-order valence-corrected chi connectivity index (χ2v) is 4.02. The number of rotatable bonds is 5. The first kappa shape index (κ1) is 10.6. The standard InChI is InChI=1S/C12H21N/c1-2-3-7-10-13-11-12-8-5-4-6-9-12/h1,12-13H,3-11H2. The molecule has 0 aromatic carbocycles. The van der Waals surface area contributed by atoms with Gasteiger partial charge in [-0.15, -0.1) is 12.3 Å². The molecule has 0 aromatic rings. The summed E-state index contributed by atoms with van der Waals surface area (Å²) in [4.78, 5) is 0. The van der Waals surface area contributed by atoms with E-state index in [1.165, 1.54) is 38.6 Å². The first-order chi connectivity index (χ1) is 6.43. The third-order valence-electron chi connectivity index (χ3n) is 2.83. The topological polar surface area (TPSA) is 12.0 Å². The quantitative estimate of drug-likeness (QED) is 0.505. The van der Waals surface area contributed by atoms with Crippen LogP contribution in [0.5, 0.6) is 0 Å². The van der Waals surface area contributed by atoms with Crippen LogP contribution in [0.2, 0.25) is 0 Å². The first-order valence-corrected chi connectivity index (χ1v) is 5.57. The van der Waals surface area contributed by atoms with Crippen molar-refractivity contribution in [2.45, 2.75) is 44.9 Å². The van der Waals surface area contributed by atoms with Crippen molar-refractivity contribution in [2.24, 2.45) is 5.92 Å². The Balaban J connectivity index is 1.90. The highest BCUT2D eigenvalue weighted by Crippen LogP contribution is 2.22. The molecule has 0 heterocycles. The van der Waals surface area contributed by atoms with Crippen LogP contribution in [0, 0.1) is 18.3 Å². The molecular weight excluding hydrogens is 158 g/mol. The van der Waals surface area contributed by atoms with Gasteiger partial charge in [-0.05, 0) is 38.3 Å². The molecule has 0 aliphatic heterocycles. The van der Waals surface area contributed by atoms with E-state index in [1.807, 2.05) is 0 Å². The summed E-state index contributed by atoms with van der Waals surface area (Å²) in [6, 6.07) is 0. The van der Waals surface area contributed by atoms with Crippen molar-refractivity contribution in [2.75, 3.05) is 13.1 Å². The molecule has 13 heavy (non-hydrogen) atoms. The Kier molecular flexibility index (Phi) is 5.69. The average molecular weight is 179 g/mol. The van der Waals surface area contributed by atoms with Gasteiger partial charge in [0.1, 0.15) is 0 Å². The van der Waals surface area contributed by atoms with Gasteiger partial charge in [0.2, 0.25) is 0 Å². The van der Waals surface area contributed by atoms with Crippen molar-refractivity contribution >= 4 is 0 Å². The molecule has 0 atom stereocenters. The van der Waals surface area contributed by atoms with E-state index in [4.69, 9.17) is 6.42 Å². The number of terminal acetylenes is 1. The summed E-state index contributed by atoms with van der Waals surface area (Å²) in [5.74, 6) is 3.61. The van der Waals surface area contributed by atoms with E-state index in [0.29, 0.717) is 0 Å². The largest absolute Gasteiger partial charge is 0.316 e. The molecule has 1 fully saturated rings. The molecule has 0 aromatic heterocycles. The van der Waals surface area contributed by atoms with E-state index in [0.717, 1.165) is 25.3 Å². The zero-order valence-corrected chi connectivity index (χ0v) is 8.52. The van der Waals surface area contributed by atoms with Crippen LogP contribution in [0.4, 0.5) is 0 Å². The van der Waals surface area contributed by atoms with Crippen LogP contribution in [0.1, 0.15) is 44.9 Å². The molecule has 1 saturated carbocycles. The van der Waals surface area contributed by atoms with Crippen molar-refractivity contribution in [3.63, 3.8) is 0 Å². The maximum Gasteiger partial charge on any atom is 0.00981 e. The zero-order valence-electron chi connectivity index (χ0n) is 8.52. The summed E-state index contributed by atoms with van der Waals surface area (Å²) in [5, 5.41) is 3.49. The van der Waals surface area contributed by atoms with Gasteiger partial charge < -0.3 is 5.32 Å². The molecular formula is C12H21N. The molecule has 1 rings (SSSR count). The predicted octanol–water partition coefficient (Wildman–Crippen LogP) is 2.57. The molecule has 0 amide bonds. The van der Waals surface area contributed by atoms with E-state index in [9.17, 15) is 0 Å². The fourth-order valence-electron chi connectivity index (χ4n) is 2.01. The van der Waals surface area contributed by atoms with Gasteiger partial charge in [0.05, 0.1) is 0 Å². The molecule has 0 bridgehead atoms. The third-order valence-corrected chi connectivity index (χ3v) is 2.83. The second kappa shape index (κ2) is 6.97. The van der Waals surface area contributed by atoms with Crippen LogP contribution < -0.4 is 5.32 Å². The lowest BCUT2D eigenvalue weighted by atomic mass is 9.89. The fraction of sp³-hybridized carbons (Fsp3) is 0.833. The highest BCUT2D eigenvalue weighted by molar-refractivity contribution is 4.83. The molecule has 0 saturated heterocycles. The molecule has 1 heteroatoms. The van der Waals surface area contributed by atoms with Gasteiger partial charge in [0.25, 0.3) is 0 Å². The first-order valence-electron chi connectivity index (χ1n) is 5.57. The lowest BCUT2D eigenvalue weighted by Crippen LogP contribution is -2.25. The third kappa shape index (κ3) is 4.95. The summed E-state index contributed by atoms with van der Waals surface area (Å²) < 4.78 is 0. The van der Waals surface area contributed by atoms with Gasteiger partial charge in [-0.25, -0.2) is 0 Å². The summed E-state index contributed by atoms with van der Waals surface area (Å²) in [6.07, 6.45) is 14.4. The van der Waals surface area contributed by atoms with E-state index >= 15 is 0 Å². The van der Waals surface area contributed by atoms with E-state index in [-0.39, 0.29) is 0 Å². The minimum atomic E-state index is 0.914. The molecule has 0 radical (unpaired) electrons. The Morgan fingerprint density at radius 3 is 2.69 bits per heavy atom. The number of nitrogens with one attached hydrogen (secondary N) is 1. The van der Waals surface area contributed by atoms with Crippen LogP contribution in [-0.2, 0) is 0 Å². The maximum absolute atomic E-state index is 5.18. The maximum atomic E-state index is 5.18. The molecule has 1 aliphatic rings. The van der Waals surface area contributed by atoms with E-state index < -0.39 is 0 Å². The average Bonchev–Trinajstić information content (AvgIpc) is 2.19. The number of hydrogen-bond acceptors (Lipinski definition) is 1. The Morgan fingerprint density at radius 2 is 2.00 bits per heavy atom. The van der Waals surface area contributed by atoms with Crippen molar-refractivity contribution in [1.82, 2.24) is 5.32 Å². The molecule has 1 aliphatic carbocycles. The lowest BCUT2D eigenvalue weighted by Gasteiger charge is -2.21. The van der Waals surface area contributed by atoms with Gasteiger partial charge in [-0.1, -0.05) is 19.3 Å². The van der Waals surface area contributed by atoms with Crippen molar-refractivity contribution < 1.29 is 0 Å². The lowest BCUT2D eigenvalue weighted by molar-refractivity contribution is 0.342. The van der Waals surface area contributed by atoms with Gasteiger partial charge in [0.15, 0.2) is 0 Å². The minimum absolute atomic E-state index is 0.914. The smallest absolute Gasteiger partial charge is 0.00981 e. The van der Waals surface area contributed by atoms with Gasteiger partial charge in [-0.2, -0.15) is 0 Å².